The zero-order valence-corrected chi connectivity index (χ0v) is 9.13. The van der Waals surface area contributed by atoms with Gasteiger partial charge in [-0.05, 0) is 34.7 Å². The van der Waals surface area contributed by atoms with E-state index in [9.17, 15) is 0 Å². The Morgan fingerprint density at radius 3 is 3.00 bits per heavy atom. The lowest BCUT2D eigenvalue weighted by Crippen LogP contribution is -2.01. The first-order valence-electron chi connectivity index (χ1n) is 4.48. The third-order valence-electron chi connectivity index (χ3n) is 2.20. The second-order valence-corrected chi connectivity index (χ2v) is 4.23. The van der Waals surface area contributed by atoms with Crippen molar-refractivity contribution < 1.29 is 0 Å². The van der Waals surface area contributed by atoms with Gasteiger partial charge in [0.2, 0.25) is 0 Å². The van der Waals surface area contributed by atoms with Crippen LogP contribution in [0.2, 0.25) is 0 Å². The van der Waals surface area contributed by atoms with E-state index in [-0.39, 0.29) is 0 Å². The van der Waals surface area contributed by atoms with Crippen molar-refractivity contribution in [2.75, 3.05) is 12.4 Å². The van der Waals surface area contributed by atoms with Gasteiger partial charge in [0, 0.05) is 19.7 Å². The summed E-state index contributed by atoms with van der Waals surface area (Å²) in [7, 11) is 1.87. The molecule has 0 amide bonds. The summed E-state index contributed by atoms with van der Waals surface area (Å²) in [5, 5.41) is 3.03. The summed E-state index contributed by atoms with van der Waals surface area (Å²) in [6.07, 6.45) is 5.53. The summed E-state index contributed by atoms with van der Waals surface area (Å²) in [6.45, 7) is 0. The lowest BCUT2D eigenvalue weighted by atomic mass is 10.3. The van der Waals surface area contributed by atoms with Crippen LogP contribution in [0.5, 0.6) is 0 Å². The number of hydrogen-bond donors (Lipinski definition) is 1. The van der Waals surface area contributed by atoms with Crippen molar-refractivity contribution in [2.24, 2.45) is 5.92 Å². The molecule has 0 radical (unpaired) electrons. The van der Waals surface area contributed by atoms with Crippen LogP contribution in [0.4, 0.5) is 5.82 Å². The summed E-state index contributed by atoms with van der Waals surface area (Å²) in [6, 6.07) is 0. The van der Waals surface area contributed by atoms with Gasteiger partial charge in [0.1, 0.15) is 11.6 Å². The Labute approximate surface area is 86.1 Å². The molecule has 3 nitrogen and oxygen atoms in total. The Morgan fingerprint density at radius 1 is 1.62 bits per heavy atom. The number of aromatic nitrogens is 2. The predicted octanol–water partition coefficient (Wildman–Crippen LogP) is 2.23. The molecular formula is C9H12BrN3. The number of nitrogens with one attached hydrogen (secondary N) is 1. The first-order valence-corrected chi connectivity index (χ1v) is 5.28. The van der Waals surface area contributed by atoms with Crippen LogP contribution in [-0.2, 0) is 6.42 Å². The minimum atomic E-state index is 0.839. The maximum atomic E-state index is 4.40. The van der Waals surface area contributed by atoms with E-state index in [2.05, 4.69) is 31.2 Å². The topological polar surface area (TPSA) is 37.8 Å². The average molecular weight is 242 g/mol. The molecule has 1 aliphatic rings. The highest BCUT2D eigenvalue weighted by molar-refractivity contribution is 9.10. The van der Waals surface area contributed by atoms with E-state index in [1.807, 2.05) is 13.2 Å². The summed E-state index contributed by atoms with van der Waals surface area (Å²) in [5.74, 6) is 2.67. The van der Waals surface area contributed by atoms with Crippen LogP contribution in [0.3, 0.4) is 0 Å². The molecule has 2 rings (SSSR count). The molecule has 0 unspecified atom stereocenters. The van der Waals surface area contributed by atoms with Crippen molar-refractivity contribution in [3.63, 3.8) is 0 Å². The number of hydrogen-bond acceptors (Lipinski definition) is 3. The Hall–Kier alpha value is -0.640. The average Bonchev–Trinajstić information content (AvgIpc) is 2.92. The van der Waals surface area contributed by atoms with E-state index >= 15 is 0 Å². The molecule has 1 N–H and O–H groups in total. The van der Waals surface area contributed by atoms with Crippen molar-refractivity contribution in [1.82, 2.24) is 9.97 Å². The lowest BCUT2D eigenvalue weighted by molar-refractivity contribution is 0.769. The van der Waals surface area contributed by atoms with Crippen molar-refractivity contribution in [2.45, 2.75) is 19.3 Å². The zero-order valence-electron chi connectivity index (χ0n) is 7.55. The van der Waals surface area contributed by atoms with Crippen LogP contribution in [0, 0.1) is 5.92 Å². The fourth-order valence-corrected chi connectivity index (χ4v) is 1.65. The van der Waals surface area contributed by atoms with Gasteiger partial charge < -0.3 is 5.32 Å². The van der Waals surface area contributed by atoms with Gasteiger partial charge in [0.15, 0.2) is 0 Å². The second-order valence-electron chi connectivity index (χ2n) is 3.38. The SMILES string of the molecule is CNc1nc(CC2CC2)ncc1Br. The number of halogens is 1. The first-order chi connectivity index (χ1) is 6.29. The molecule has 70 valence electrons. The third kappa shape index (κ3) is 2.18. The summed E-state index contributed by atoms with van der Waals surface area (Å²) < 4.78 is 0.926. The molecule has 1 fully saturated rings. The number of rotatable bonds is 3. The van der Waals surface area contributed by atoms with Gasteiger partial charge in [-0.25, -0.2) is 9.97 Å². The van der Waals surface area contributed by atoms with E-state index < -0.39 is 0 Å². The highest BCUT2D eigenvalue weighted by atomic mass is 79.9. The monoisotopic (exact) mass is 241 g/mol. The zero-order chi connectivity index (χ0) is 9.26. The number of anilines is 1. The second kappa shape index (κ2) is 3.62. The fraction of sp³-hybridized carbons (Fsp3) is 0.556. The highest BCUT2D eigenvalue weighted by Crippen LogP contribution is 2.32. The van der Waals surface area contributed by atoms with Gasteiger partial charge in [-0.1, -0.05) is 0 Å². The van der Waals surface area contributed by atoms with Crippen LogP contribution in [0.15, 0.2) is 10.7 Å². The van der Waals surface area contributed by atoms with Crippen LogP contribution < -0.4 is 5.32 Å². The minimum absolute atomic E-state index is 0.839. The Kier molecular flexibility index (Phi) is 2.49. The van der Waals surface area contributed by atoms with Crippen molar-refractivity contribution >= 4 is 21.7 Å². The molecule has 1 aromatic heterocycles. The van der Waals surface area contributed by atoms with Crippen molar-refractivity contribution in [3.8, 4) is 0 Å². The molecule has 0 aliphatic heterocycles. The molecule has 0 spiro atoms. The van der Waals surface area contributed by atoms with Gasteiger partial charge in [0.05, 0.1) is 4.47 Å². The Bertz CT molecular complexity index is 310. The van der Waals surface area contributed by atoms with Crippen LogP contribution in [-0.4, -0.2) is 17.0 Å². The molecule has 0 aromatic carbocycles. The lowest BCUT2D eigenvalue weighted by Gasteiger charge is -2.04. The van der Waals surface area contributed by atoms with Crippen molar-refractivity contribution in [3.05, 3.63) is 16.5 Å². The molecule has 4 heteroatoms. The van der Waals surface area contributed by atoms with Gasteiger partial charge in [0.25, 0.3) is 0 Å². The molecule has 1 aromatic rings. The van der Waals surface area contributed by atoms with Gasteiger partial charge >= 0.3 is 0 Å². The molecule has 1 heterocycles. The van der Waals surface area contributed by atoms with Crippen LogP contribution >= 0.6 is 15.9 Å². The maximum absolute atomic E-state index is 4.40. The summed E-state index contributed by atoms with van der Waals surface area (Å²) in [5.41, 5.74) is 0. The number of nitrogens with zero attached hydrogens (tertiary/aromatic N) is 2. The molecule has 0 bridgehead atoms. The Balaban J connectivity index is 2.16. The smallest absolute Gasteiger partial charge is 0.143 e. The van der Waals surface area contributed by atoms with Gasteiger partial charge in [-0.3, -0.25) is 0 Å². The van der Waals surface area contributed by atoms with E-state index in [0.29, 0.717) is 0 Å². The summed E-state index contributed by atoms with van der Waals surface area (Å²) >= 11 is 3.38. The van der Waals surface area contributed by atoms with Gasteiger partial charge in [-0.2, -0.15) is 0 Å². The third-order valence-corrected chi connectivity index (χ3v) is 2.78. The summed E-state index contributed by atoms with van der Waals surface area (Å²) in [4.78, 5) is 8.67. The maximum Gasteiger partial charge on any atom is 0.143 e. The van der Waals surface area contributed by atoms with Crippen LogP contribution in [0.25, 0.3) is 0 Å². The molecule has 1 saturated carbocycles. The highest BCUT2D eigenvalue weighted by Gasteiger charge is 2.22. The quantitative estimate of drug-likeness (QED) is 0.883. The molecule has 0 saturated heterocycles. The standard InChI is InChI=1S/C9H12BrN3/c1-11-9-7(10)5-12-8(13-9)4-6-2-3-6/h5-6H,2-4H2,1H3,(H,11,12,13). The predicted molar refractivity (Wildman–Crippen MR) is 55.7 cm³/mol. The molecule has 13 heavy (non-hydrogen) atoms. The van der Waals surface area contributed by atoms with Crippen molar-refractivity contribution in [1.29, 1.82) is 0 Å². The van der Waals surface area contributed by atoms with Crippen LogP contribution in [0.1, 0.15) is 18.7 Å². The molecule has 1 aliphatic carbocycles. The fourth-order valence-electron chi connectivity index (χ4n) is 1.26. The van der Waals surface area contributed by atoms with E-state index in [0.717, 1.165) is 28.5 Å². The molecule has 0 atom stereocenters. The Morgan fingerprint density at radius 2 is 2.38 bits per heavy atom. The largest absolute Gasteiger partial charge is 0.372 e. The van der Waals surface area contributed by atoms with E-state index in [1.165, 1.54) is 12.8 Å². The van der Waals surface area contributed by atoms with Gasteiger partial charge in [-0.15, -0.1) is 0 Å². The first kappa shape index (κ1) is 8.94. The minimum Gasteiger partial charge on any atom is -0.372 e. The van der Waals surface area contributed by atoms with E-state index in [4.69, 9.17) is 0 Å². The normalized spacial score (nSPS) is 15.8. The van der Waals surface area contributed by atoms with E-state index in [1.54, 1.807) is 0 Å². The molecular weight excluding hydrogens is 230 g/mol.